The highest BCUT2D eigenvalue weighted by Crippen LogP contribution is 2.23. The topological polar surface area (TPSA) is 552 Å². The first-order chi connectivity index (χ1) is 56.0. The van der Waals surface area contributed by atoms with Crippen LogP contribution in [-0.4, -0.2) is 224 Å². The van der Waals surface area contributed by atoms with E-state index in [1.54, 1.807) is 102 Å². The minimum atomic E-state index is -1.83. The van der Waals surface area contributed by atoms with Gasteiger partial charge in [-0.2, -0.15) is 0 Å². The molecule has 21 N–H and O–H groups in total. The van der Waals surface area contributed by atoms with Gasteiger partial charge in [0.2, 0.25) is 88.6 Å². The van der Waals surface area contributed by atoms with Crippen molar-refractivity contribution >= 4 is 111 Å². The second-order valence-electron chi connectivity index (χ2n) is 30.1. The Hall–Kier alpha value is -12.6. The van der Waals surface area contributed by atoms with Gasteiger partial charge in [-0.05, 0) is 107 Å². The summed E-state index contributed by atoms with van der Waals surface area (Å²) in [5.41, 5.74) is 13.8. The van der Waals surface area contributed by atoms with Crippen molar-refractivity contribution < 1.29 is 92.3 Å². The Morgan fingerprint density at radius 2 is 0.924 bits per heavy atom. The molecule has 15 amide bonds. The van der Waals surface area contributed by atoms with Crippen LogP contribution in [0.2, 0.25) is 0 Å². The minimum absolute atomic E-state index is 0.0800. The summed E-state index contributed by atoms with van der Waals surface area (Å²) in [4.78, 5) is 220. The third-order valence-corrected chi connectivity index (χ3v) is 20.3. The zero-order chi connectivity index (χ0) is 86.4. The van der Waals surface area contributed by atoms with Crippen LogP contribution in [0.5, 0.6) is 17.2 Å². The number of thioether (sulfide) groups is 1. The molecular weight excluding hydrogens is 1550 g/mol. The Balaban J connectivity index is 1.31. The zero-order valence-electron chi connectivity index (χ0n) is 66.6. The lowest BCUT2D eigenvalue weighted by atomic mass is 9.98. The molecule has 0 spiro atoms. The summed E-state index contributed by atoms with van der Waals surface area (Å²) in [5.74, 6) is -17.4. The lowest BCUT2D eigenvalue weighted by molar-refractivity contribution is -0.143. The Labute approximate surface area is 686 Å². The molecule has 6 aromatic rings. The second-order valence-corrected chi connectivity index (χ2v) is 31.1. The summed E-state index contributed by atoms with van der Waals surface area (Å²) in [6, 6.07) is 14.8. The number of carbonyl (C=O) groups is 15. The molecule has 634 valence electrons. The maximum atomic E-state index is 15.6. The molecule has 36 heteroatoms. The molecule has 5 aromatic carbocycles. The van der Waals surface area contributed by atoms with Crippen LogP contribution in [0.25, 0.3) is 10.9 Å². The molecule has 1 aliphatic rings. The van der Waals surface area contributed by atoms with Crippen molar-refractivity contribution in [3.8, 4) is 17.2 Å². The first kappa shape index (κ1) is 92.6. The van der Waals surface area contributed by atoms with Gasteiger partial charge in [-0.15, -0.1) is 11.8 Å². The number of likely N-dealkylation sites (N-methyl/N-ethyl adjacent to an activating group) is 1. The zero-order valence-corrected chi connectivity index (χ0v) is 67.4. The number of rotatable bonds is 22. The quantitative estimate of drug-likeness (QED) is 0.0385. The van der Waals surface area contributed by atoms with E-state index in [-0.39, 0.29) is 74.0 Å². The normalized spacial score (nSPS) is 22.3. The number of primary amides is 2. The van der Waals surface area contributed by atoms with E-state index >= 15 is 14.4 Å². The van der Waals surface area contributed by atoms with E-state index in [9.17, 15) is 78.0 Å². The third-order valence-electron chi connectivity index (χ3n) is 19.2. The smallest absolute Gasteiger partial charge is 0.245 e. The number of phenolic OH excluding ortho intramolecular Hbond substituents is 3. The lowest BCUT2D eigenvalue weighted by Gasteiger charge is -2.33. The van der Waals surface area contributed by atoms with Crippen LogP contribution in [0.1, 0.15) is 95.0 Å². The highest BCUT2D eigenvalue weighted by molar-refractivity contribution is 8.00. The average molecular weight is 1650 g/mol. The number of aromatic nitrogens is 1. The molecule has 118 heavy (non-hydrogen) atoms. The van der Waals surface area contributed by atoms with E-state index in [1.165, 1.54) is 79.8 Å². The number of aliphatic hydroxyl groups is 1. The number of carbonyl (C=O) groups excluding carboxylic acids is 15. The number of hydrogen-bond donors (Lipinski definition) is 19. The fraction of sp³-hybridized carbons (Fsp3) is 0.427. The summed E-state index contributed by atoms with van der Waals surface area (Å²) in [5, 5.41) is 73.2. The molecule has 1 fully saturated rings. The number of nitrogens with zero attached hydrogens (tertiary/aromatic N) is 1. The average Bonchev–Trinajstić information content (AvgIpc) is 1.62. The number of benzene rings is 5. The van der Waals surface area contributed by atoms with Crippen molar-refractivity contribution in [3.63, 3.8) is 0 Å². The number of aromatic hydroxyl groups is 3. The molecule has 11 atom stereocenters. The van der Waals surface area contributed by atoms with Crippen molar-refractivity contribution in [2.24, 2.45) is 29.2 Å². The maximum absolute atomic E-state index is 15.6. The molecule has 0 aliphatic carbocycles. The van der Waals surface area contributed by atoms with Gasteiger partial charge in [-0.25, -0.2) is 0 Å². The number of fused-ring (bicyclic) bond motifs is 1. The van der Waals surface area contributed by atoms with Gasteiger partial charge in [0, 0.05) is 68.4 Å². The van der Waals surface area contributed by atoms with Crippen molar-refractivity contribution in [1.29, 1.82) is 0 Å². The number of nitrogens with one attached hydrogen (secondary N) is 13. The van der Waals surface area contributed by atoms with E-state index in [1.807, 2.05) is 0 Å². The molecule has 1 aromatic heterocycles. The minimum Gasteiger partial charge on any atom is -0.508 e. The molecule has 2 heterocycles. The number of phenols is 3. The van der Waals surface area contributed by atoms with Crippen LogP contribution in [0.15, 0.2) is 134 Å². The third kappa shape index (κ3) is 29.3. The summed E-state index contributed by atoms with van der Waals surface area (Å²) in [6.07, 6.45) is -0.889. The van der Waals surface area contributed by atoms with Crippen LogP contribution in [-0.2, 0) is 104 Å². The number of aromatic amines is 1. The number of H-pyrrole nitrogens is 1. The van der Waals surface area contributed by atoms with E-state index in [2.05, 4.69) is 68.8 Å². The number of amides is 15. The maximum Gasteiger partial charge on any atom is 0.245 e. The second kappa shape index (κ2) is 45.1. The Bertz CT molecular complexity index is 4510. The van der Waals surface area contributed by atoms with E-state index in [0.29, 0.717) is 38.7 Å². The molecule has 0 saturated carbocycles. The van der Waals surface area contributed by atoms with Crippen LogP contribution < -0.4 is 75.3 Å². The van der Waals surface area contributed by atoms with Gasteiger partial charge in [0.05, 0.1) is 25.4 Å². The SMILES string of the molecule is CC(C)C[C@@H]1NC(=O)[C@H](Cc2ccc(O)cc2)NC(=O)[C@H](CCC(N)=O)NC(=O)CSC[C@@H](C(=O)NCC(N)=O)NC(=O)[C@H](CC(C)C)NC(=O)[C@H](Cc2ccccc2)N(C)C(=O)[C@H](Cc2ccc(O)cc2)NC(=O)[C@H](Cc2c[nH]c3ccccc23)NC(=O)CNC(=O)[C@H](CO)NC(=O)[C@H](Cc2ccc(O)cc2)NC(=O)[C@H](C(C)C)NC1=O. The predicted octanol–water partition coefficient (Wildman–Crippen LogP) is -1.06. The van der Waals surface area contributed by atoms with Gasteiger partial charge in [0.15, 0.2) is 0 Å². The van der Waals surface area contributed by atoms with Crippen molar-refractivity contribution in [2.75, 3.05) is 38.2 Å². The van der Waals surface area contributed by atoms with Crippen LogP contribution in [0, 0.1) is 17.8 Å². The molecule has 1 saturated heterocycles. The van der Waals surface area contributed by atoms with Crippen molar-refractivity contribution in [1.82, 2.24) is 73.7 Å². The first-order valence-corrected chi connectivity index (χ1v) is 39.7. The fourth-order valence-corrected chi connectivity index (χ4v) is 13.8. The standard InChI is InChI=1S/C82H106N16O19S/c1-44(2)31-58-75(110)96-65(73(108)86-39-68(84)104)42-118-43-70(106)88-57(29-30-67(83)103)74(109)91-60(33-48-17-23-52(100)24-18-48)76(111)90-59(32-45(3)4)79(114)97-71(46(5)6)81(116)93-61(34-49-19-25-53(101)26-20-49)77(112)95-64(41-99)72(107)87-40-69(105)89-62(37-51-38-85-56-16-12-11-15-55(51)56)78(113)94-63(35-50-21-27-54(102)28-22-50)82(117)98(7)66(80(115)92-58)36-47-13-9-8-10-14-47/h8-28,38,44-46,57-66,71,85,99-102H,29-37,39-43H2,1-7H3,(H2,83,103)(H2,84,104)(H,86,108)(H,87,107)(H,88,106)(H,89,105)(H,90,111)(H,91,109)(H,92,115)(H,93,116)(H,94,113)(H,95,112)(H,96,110)(H,97,114)/t57-,58-,59-,60-,61-,62-,63-,64-,65-,66-,71-/m0/s1. The number of aliphatic hydroxyl groups excluding tert-OH is 1. The van der Waals surface area contributed by atoms with E-state index in [0.717, 1.165) is 16.7 Å². The molecule has 0 bridgehead atoms. The monoisotopic (exact) mass is 1650 g/mol. The molecule has 0 radical (unpaired) electrons. The van der Waals surface area contributed by atoms with Crippen molar-refractivity contribution in [2.45, 2.75) is 166 Å². The van der Waals surface area contributed by atoms with Gasteiger partial charge in [0.1, 0.15) is 83.7 Å². The highest BCUT2D eigenvalue weighted by Gasteiger charge is 2.40. The first-order valence-electron chi connectivity index (χ1n) is 38.6. The van der Waals surface area contributed by atoms with Gasteiger partial charge in [-0.3, -0.25) is 71.9 Å². The summed E-state index contributed by atoms with van der Waals surface area (Å²) in [6.45, 7) is 7.38. The summed E-state index contributed by atoms with van der Waals surface area (Å²) < 4.78 is 0. The van der Waals surface area contributed by atoms with Gasteiger partial charge in [-0.1, -0.05) is 126 Å². The Morgan fingerprint density at radius 3 is 1.45 bits per heavy atom. The molecule has 1 aliphatic heterocycles. The van der Waals surface area contributed by atoms with Gasteiger partial charge < -0.3 is 106 Å². The number of para-hydroxylation sites is 1. The largest absolute Gasteiger partial charge is 0.508 e. The van der Waals surface area contributed by atoms with Crippen LogP contribution in [0.3, 0.4) is 0 Å². The number of nitrogens with two attached hydrogens (primary N) is 2. The van der Waals surface area contributed by atoms with E-state index < -0.39 is 205 Å². The van der Waals surface area contributed by atoms with Gasteiger partial charge in [0.25, 0.3) is 0 Å². The highest BCUT2D eigenvalue weighted by atomic mass is 32.2. The Kier molecular flexibility index (Phi) is 35.3. The lowest BCUT2D eigenvalue weighted by Crippen LogP contribution is -2.61. The fourth-order valence-electron chi connectivity index (χ4n) is 13.0. The summed E-state index contributed by atoms with van der Waals surface area (Å²) in [7, 11) is 1.30. The predicted molar refractivity (Wildman–Crippen MR) is 435 cm³/mol. The molecule has 0 unspecified atom stereocenters. The van der Waals surface area contributed by atoms with Crippen LogP contribution >= 0.6 is 11.8 Å². The molecule has 35 nitrogen and oxygen atoms in total. The van der Waals surface area contributed by atoms with Gasteiger partial charge >= 0.3 is 0 Å². The van der Waals surface area contributed by atoms with Crippen LogP contribution in [0.4, 0.5) is 0 Å². The van der Waals surface area contributed by atoms with Crippen molar-refractivity contribution in [3.05, 3.63) is 161 Å². The number of hydrogen-bond acceptors (Lipinski definition) is 20. The Morgan fingerprint density at radius 1 is 0.475 bits per heavy atom. The summed E-state index contributed by atoms with van der Waals surface area (Å²) >= 11 is 0.753. The van der Waals surface area contributed by atoms with E-state index in [4.69, 9.17) is 11.5 Å². The molecular formula is C82H106N16O19S. The molecule has 7 rings (SSSR count).